The van der Waals surface area contributed by atoms with Gasteiger partial charge in [0.2, 0.25) is 0 Å². The van der Waals surface area contributed by atoms with Gasteiger partial charge >= 0.3 is 0 Å². The zero-order valence-corrected chi connectivity index (χ0v) is 13.9. The lowest BCUT2D eigenvalue weighted by Gasteiger charge is -2.34. The second-order valence-corrected chi connectivity index (χ2v) is 6.00. The number of benzene rings is 2. The number of hydrogen-bond acceptors (Lipinski definition) is 4. The summed E-state index contributed by atoms with van der Waals surface area (Å²) in [5.41, 5.74) is 0. The highest BCUT2D eigenvalue weighted by molar-refractivity contribution is 5.88. The molecule has 0 N–H and O–H groups in total. The number of ether oxygens (including phenoxy) is 2. The van der Waals surface area contributed by atoms with Crippen LogP contribution in [0.5, 0.6) is 5.75 Å². The van der Waals surface area contributed by atoms with Gasteiger partial charge in [0, 0.05) is 51.8 Å². The summed E-state index contributed by atoms with van der Waals surface area (Å²) in [4.78, 5) is 4.94. The average molecular weight is 314 g/mol. The summed E-state index contributed by atoms with van der Waals surface area (Å²) in [5.74, 6) is 0.988. The van der Waals surface area contributed by atoms with Gasteiger partial charge < -0.3 is 9.47 Å². The van der Waals surface area contributed by atoms with Crippen LogP contribution in [-0.2, 0) is 4.74 Å². The Balaban J connectivity index is 1.45. The number of methoxy groups -OCH3 is 1. The molecule has 124 valence electrons. The molecule has 2 aromatic carbocycles. The predicted molar refractivity (Wildman–Crippen MR) is 94.2 cm³/mol. The van der Waals surface area contributed by atoms with Gasteiger partial charge in [-0.2, -0.15) is 0 Å². The smallest absolute Gasteiger partial charge is 0.127 e. The Bertz CT molecular complexity index is 604. The molecule has 0 saturated carbocycles. The van der Waals surface area contributed by atoms with Crippen LogP contribution in [0.15, 0.2) is 42.5 Å². The van der Waals surface area contributed by atoms with Crippen LogP contribution in [0.2, 0.25) is 0 Å². The van der Waals surface area contributed by atoms with E-state index in [1.165, 1.54) is 10.8 Å². The molecule has 0 aliphatic carbocycles. The van der Waals surface area contributed by atoms with Gasteiger partial charge in [-0.1, -0.05) is 36.4 Å². The maximum atomic E-state index is 6.04. The van der Waals surface area contributed by atoms with Crippen LogP contribution in [0, 0.1) is 0 Å². The SMILES string of the molecule is COCCN1CCN(CCOc2cccc3ccccc23)CC1. The Morgan fingerprint density at radius 1 is 0.826 bits per heavy atom. The molecule has 23 heavy (non-hydrogen) atoms. The van der Waals surface area contributed by atoms with Crippen molar-refractivity contribution in [3.8, 4) is 5.75 Å². The topological polar surface area (TPSA) is 24.9 Å². The van der Waals surface area contributed by atoms with E-state index in [1.807, 2.05) is 0 Å². The van der Waals surface area contributed by atoms with Crippen molar-refractivity contribution in [2.75, 3.05) is 59.6 Å². The molecule has 1 aliphatic rings. The second-order valence-electron chi connectivity index (χ2n) is 6.00. The molecule has 1 saturated heterocycles. The van der Waals surface area contributed by atoms with E-state index < -0.39 is 0 Å². The number of fused-ring (bicyclic) bond motifs is 1. The lowest BCUT2D eigenvalue weighted by Crippen LogP contribution is -2.48. The van der Waals surface area contributed by atoms with Crippen LogP contribution in [-0.4, -0.2) is 69.4 Å². The van der Waals surface area contributed by atoms with Crippen LogP contribution in [0.3, 0.4) is 0 Å². The third kappa shape index (κ3) is 4.44. The third-order valence-corrected chi connectivity index (χ3v) is 4.49. The minimum Gasteiger partial charge on any atom is -0.492 e. The van der Waals surface area contributed by atoms with Crippen molar-refractivity contribution in [1.82, 2.24) is 9.80 Å². The zero-order valence-electron chi connectivity index (χ0n) is 13.9. The van der Waals surface area contributed by atoms with E-state index in [4.69, 9.17) is 9.47 Å². The molecule has 1 fully saturated rings. The maximum absolute atomic E-state index is 6.04. The summed E-state index contributed by atoms with van der Waals surface area (Å²) in [6.45, 7) is 8.06. The summed E-state index contributed by atoms with van der Waals surface area (Å²) in [6.07, 6.45) is 0. The predicted octanol–water partition coefficient (Wildman–Crippen LogP) is 2.48. The normalized spacial score (nSPS) is 16.7. The molecule has 0 spiro atoms. The largest absolute Gasteiger partial charge is 0.492 e. The minimum atomic E-state index is 0.742. The fourth-order valence-corrected chi connectivity index (χ4v) is 3.06. The van der Waals surface area contributed by atoms with Gasteiger partial charge in [0.05, 0.1) is 6.61 Å². The summed E-state index contributed by atoms with van der Waals surface area (Å²) in [5, 5.41) is 2.43. The van der Waals surface area contributed by atoms with E-state index in [-0.39, 0.29) is 0 Å². The highest BCUT2D eigenvalue weighted by Gasteiger charge is 2.16. The number of hydrogen-bond donors (Lipinski definition) is 0. The molecular weight excluding hydrogens is 288 g/mol. The highest BCUT2D eigenvalue weighted by atomic mass is 16.5. The van der Waals surface area contributed by atoms with E-state index in [9.17, 15) is 0 Å². The average Bonchev–Trinajstić information content (AvgIpc) is 2.61. The zero-order chi connectivity index (χ0) is 15.9. The minimum absolute atomic E-state index is 0.742. The van der Waals surface area contributed by atoms with Gasteiger partial charge in [0.15, 0.2) is 0 Å². The standard InChI is InChI=1S/C19H26N2O2/c1-22-15-13-20-9-11-21(12-10-20)14-16-23-19-8-4-6-17-5-2-3-7-18(17)19/h2-8H,9-16H2,1H3. The molecule has 0 amide bonds. The van der Waals surface area contributed by atoms with Gasteiger partial charge in [-0.15, -0.1) is 0 Å². The lowest BCUT2D eigenvalue weighted by molar-refractivity contribution is 0.0895. The van der Waals surface area contributed by atoms with Gasteiger partial charge in [0.1, 0.15) is 12.4 Å². The second kappa shape index (κ2) is 8.29. The fourth-order valence-electron chi connectivity index (χ4n) is 3.06. The van der Waals surface area contributed by atoms with Gasteiger partial charge in [-0.3, -0.25) is 9.80 Å². The van der Waals surface area contributed by atoms with E-state index in [0.29, 0.717) is 0 Å². The van der Waals surface area contributed by atoms with Crippen molar-refractivity contribution >= 4 is 10.8 Å². The molecule has 0 atom stereocenters. The van der Waals surface area contributed by atoms with Crippen LogP contribution in [0.25, 0.3) is 10.8 Å². The molecule has 1 aliphatic heterocycles. The molecule has 0 unspecified atom stereocenters. The Hall–Kier alpha value is -1.62. The van der Waals surface area contributed by atoms with E-state index >= 15 is 0 Å². The molecule has 3 rings (SSSR count). The number of piperazine rings is 1. The fraction of sp³-hybridized carbons (Fsp3) is 0.474. The van der Waals surface area contributed by atoms with Crippen molar-refractivity contribution in [1.29, 1.82) is 0 Å². The third-order valence-electron chi connectivity index (χ3n) is 4.49. The van der Waals surface area contributed by atoms with Gasteiger partial charge in [-0.25, -0.2) is 0 Å². The molecule has 1 heterocycles. The molecule has 0 radical (unpaired) electrons. The van der Waals surface area contributed by atoms with Gasteiger partial charge in [-0.05, 0) is 11.5 Å². The maximum Gasteiger partial charge on any atom is 0.127 e. The van der Waals surface area contributed by atoms with E-state index in [2.05, 4.69) is 52.3 Å². The number of nitrogens with zero attached hydrogens (tertiary/aromatic N) is 2. The van der Waals surface area contributed by atoms with Crippen LogP contribution in [0.1, 0.15) is 0 Å². The first kappa shape index (κ1) is 16.2. The van der Waals surface area contributed by atoms with Crippen molar-refractivity contribution in [2.45, 2.75) is 0 Å². The Morgan fingerprint density at radius 2 is 1.48 bits per heavy atom. The molecule has 0 aromatic heterocycles. The Kier molecular flexibility index (Phi) is 5.86. The van der Waals surface area contributed by atoms with Crippen LogP contribution >= 0.6 is 0 Å². The molecular formula is C19H26N2O2. The van der Waals surface area contributed by atoms with E-state index in [0.717, 1.165) is 58.2 Å². The molecule has 4 nitrogen and oxygen atoms in total. The molecule has 0 bridgehead atoms. The van der Waals surface area contributed by atoms with Crippen LogP contribution < -0.4 is 4.74 Å². The first-order chi connectivity index (χ1) is 11.4. The first-order valence-corrected chi connectivity index (χ1v) is 8.41. The van der Waals surface area contributed by atoms with Crippen molar-refractivity contribution in [2.24, 2.45) is 0 Å². The summed E-state index contributed by atoms with van der Waals surface area (Å²) in [7, 11) is 1.76. The summed E-state index contributed by atoms with van der Waals surface area (Å²) >= 11 is 0. The number of rotatable bonds is 7. The van der Waals surface area contributed by atoms with Gasteiger partial charge in [0.25, 0.3) is 0 Å². The molecule has 2 aromatic rings. The van der Waals surface area contributed by atoms with Crippen LogP contribution in [0.4, 0.5) is 0 Å². The highest BCUT2D eigenvalue weighted by Crippen LogP contribution is 2.25. The first-order valence-electron chi connectivity index (χ1n) is 8.41. The Labute approximate surface area is 138 Å². The van der Waals surface area contributed by atoms with Crippen molar-refractivity contribution in [3.63, 3.8) is 0 Å². The van der Waals surface area contributed by atoms with Crippen molar-refractivity contribution < 1.29 is 9.47 Å². The summed E-state index contributed by atoms with van der Waals surface area (Å²) in [6, 6.07) is 14.6. The lowest BCUT2D eigenvalue weighted by atomic mass is 10.1. The van der Waals surface area contributed by atoms with E-state index in [1.54, 1.807) is 7.11 Å². The quantitative estimate of drug-likeness (QED) is 0.784. The molecule has 4 heteroatoms. The summed E-state index contributed by atoms with van der Waals surface area (Å²) < 4.78 is 11.2. The Morgan fingerprint density at radius 3 is 2.22 bits per heavy atom. The monoisotopic (exact) mass is 314 g/mol. The van der Waals surface area contributed by atoms with Crippen molar-refractivity contribution in [3.05, 3.63) is 42.5 Å².